The summed E-state index contributed by atoms with van der Waals surface area (Å²) in [5.74, 6) is 0.722. The van der Waals surface area contributed by atoms with E-state index in [0.717, 1.165) is 22.8 Å². The second-order valence-corrected chi connectivity index (χ2v) is 9.12. The highest BCUT2D eigenvalue weighted by atomic mass is 35.5. The third-order valence-corrected chi connectivity index (χ3v) is 6.19. The minimum atomic E-state index is -4.57. The van der Waals surface area contributed by atoms with Gasteiger partial charge in [0.25, 0.3) is 0 Å². The van der Waals surface area contributed by atoms with Crippen molar-refractivity contribution in [1.29, 1.82) is 0 Å². The normalized spacial score (nSPS) is 11.8. The number of aromatic nitrogens is 3. The van der Waals surface area contributed by atoms with Gasteiger partial charge in [-0.1, -0.05) is 59.1 Å². The first-order valence-corrected chi connectivity index (χ1v) is 11.6. The van der Waals surface area contributed by atoms with Crippen LogP contribution in [0.2, 0.25) is 10.0 Å². The third-order valence-electron chi connectivity index (χ3n) is 5.64. The van der Waals surface area contributed by atoms with Crippen LogP contribution in [0.3, 0.4) is 0 Å². The summed E-state index contributed by atoms with van der Waals surface area (Å²) < 4.78 is 47.1. The minimum Gasteiger partial charge on any atom is -0.440 e. The largest absolute Gasteiger partial charge is 0.440 e. The van der Waals surface area contributed by atoms with Crippen molar-refractivity contribution < 1.29 is 17.6 Å². The zero-order valence-corrected chi connectivity index (χ0v) is 20.6. The van der Waals surface area contributed by atoms with Crippen molar-refractivity contribution in [3.63, 3.8) is 0 Å². The molecule has 0 amide bonds. The molecular formula is C27H18Cl2F3N3O. The number of alkyl halides is 3. The maximum absolute atomic E-state index is 13.3. The van der Waals surface area contributed by atoms with E-state index in [4.69, 9.17) is 27.6 Å². The Kier molecular flexibility index (Phi) is 6.14. The Morgan fingerprint density at radius 2 is 1.64 bits per heavy atom. The number of rotatable bonds is 4. The van der Waals surface area contributed by atoms with E-state index in [1.54, 1.807) is 31.2 Å². The van der Waals surface area contributed by atoms with Crippen LogP contribution in [0.15, 0.2) is 77.3 Å². The van der Waals surface area contributed by atoms with Crippen LogP contribution in [0, 0.1) is 13.8 Å². The van der Waals surface area contributed by atoms with Gasteiger partial charge < -0.3 is 4.42 Å². The van der Waals surface area contributed by atoms with Crippen LogP contribution >= 0.6 is 23.2 Å². The van der Waals surface area contributed by atoms with E-state index in [1.165, 1.54) is 10.9 Å². The summed E-state index contributed by atoms with van der Waals surface area (Å²) in [6, 6.07) is 19.3. The molecule has 0 bridgehead atoms. The first-order valence-electron chi connectivity index (χ1n) is 10.9. The molecule has 0 spiro atoms. The molecule has 0 radical (unpaired) electrons. The van der Waals surface area contributed by atoms with Crippen LogP contribution < -0.4 is 0 Å². The lowest BCUT2D eigenvalue weighted by Crippen LogP contribution is -2.07. The SMILES string of the molecule is Cc1cccc(-c2ccc(-n3ccc(C(F)(F)F)n3)c(-c3oc(C)nc3-c3ccc(Cl)cc3Cl)c2)c1. The molecule has 5 rings (SSSR count). The molecule has 0 fully saturated rings. The highest BCUT2D eigenvalue weighted by Crippen LogP contribution is 2.41. The molecule has 0 aliphatic rings. The fourth-order valence-electron chi connectivity index (χ4n) is 4.00. The fraction of sp³-hybridized carbons (Fsp3) is 0.111. The van der Waals surface area contributed by atoms with Crippen LogP contribution in [0.1, 0.15) is 17.1 Å². The zero-order valence-electron chi connectivity index (χ0n) is 19.1. The average Bonchev–Trinajstić information content (AvgIpc) is 3.46. The Hall–Kier alpha value is -3.55. The fourth-order valence-corrected chi connectivity index (χ4v) is 4.50. The van der Waals surface area contributed by atoms with E-state index in [1.807, 2.05) is 43.3 Å². The topological polar surface area (TPSA) is 43.9 Å². The van der Waals surface area contributed by atoms with Crippen molar-refractivity contribution in [1.82, 2.24) is 14.8 Å². The standard InChI is InChI=1S/C27H18Cl2F3N3O/c1-15-4-3-5-17(12-15)18-6-9-23(35-11-10-24(34-35)27(30,31)32)21(13-18)26-25(33-16(2)36-26)20-8-7-19(28)14-22(20)29/h3-14H,1-2H3. The molecule has 0 saturated carbocycles. The van der Waals surface area contributed by atoms with Gasteiger partial charge in [-0.05, 0) is 54.4 Å². The molecule has 0 atom stereocenters. The molecular weight excluding hydrogens is 510 g/mol. The Bertz CT molecular complexity index is 1590. The molecule has 0 aliphatic heterocycles. The summed E-state index contributed by atoms with van der Waals surface area (Å²) in [7, 11) is 0. The summed E-state index contributed by atoms with van der Waals surface area (Å²) in [6.07, 6.45) is -3.30. The van der Waals surface area contributed by atoms with Crippen LogP contribution in [-0.4, -0.2) is 14.8 Å². The molecule has 2 aromatic heterocycles. The van der Waals surface area contributed by atoms with Crippen LogP contribution in [0.5, 0.6) is 0 Å². The predicted molar refractivity (Wildman–Crippen MR) is 134 cm³/mol. The van der Waals surface area contributed by atoms with Gasteiger partial charge in [-0.3, -0.25) is 0 Å². The Morgan fingerprint density at radius 3 is 2.33 bits per heavy atom. The lowest BCUT2D eigenvalue weighted by Gasteiger charge is -2.13. The van der Waals surface area contributed by atoms with Crippen LogP contribution in [0.25, 0.3) is 39.4 Å². The first-order chi connectivity index (χ1) is 17.1. The second-order valence-electron chi connectivity index (χ2n) is 8.28. The summed E-state index contributed by atoms with van der Waals surface area (Å²) in [5.41, 5.74) is 3.80. The van der Waals surface area contributed by atoms with E-state index in [2.05, 4.69) is 10.1 Å². The highest BCUT2D eigenvalue weighted by Gasteiger charge is 2.34. The van der Waals surface area contributed by atoms with E-state index < -0.39 is 11.9 Å². The molecule has 2 heterocycles. The van der Waals surface area contributed by atoms with Gasteiger partial charge in [0.15, 0.2) is 17.3 Å². The summed E-state index contributed by atoms with van der Waals surface area (Å²) in [4.78, 5) is 4.54. The van der Waals surface area contributed by atoms with Gasteiger partial charge in [0.05, 0.1) is 10.7 Å². The summed E-state index contributed by atoms with van der Waals surface area (Å²) in [5, 5.41) is 4.61. The van der Waals surface area contributed by atoms with Crippen molar-refractivity contribution in [2.45, 2.75) is 20.0 Å². The number of aryl methyl sites for hydroxylation is 2. The number of hydrogen-bond acceptors (Lipinski definition) is 3. The Balaban J connectivity index is 1.76. The highest BCUT2D eigenvalue weighted by molar-refractivity contribution is 6.36. The number of nitrogens with zero attached hydrogens (tertiary/aromatic N) is 3. The maximum Gasteiger partial charge on any atom is 0.435 e. The average molecular weight is 528 g/mol. The predicted octanol–water partition coefficient (Wildman–Crippen LogP) is 8.80. The van der Waals surface area contributed by atoms with E-state index in [0.29, 0.717) is 44.2 Å². The molecule has 9 heteroatoms. The molecule has 0 saturated heterocycles. The van der Waals surface area contributed by atoms with Gasteiger partial charge >= 0.3 is 6.18 Å². The quantitative estimate of drug-likeness (QED) is 0.234. The molecule has 0 unspecified atom stereocenters. The molecule has 182 valence electrons. The molecule has 4 nitrogen and oxygen atoms in total. The van der Waals surface area contributed by atoms with E-state index >= 15 is 0 Å². The smallest absolute Gasteiger partial charge is 0.435 e. The molecule has 36 heavy (non-hydrogen) atoms. The monoisotopic (exact) mass is 527 g/mol. The molecule has 3 aromatic carbocycles. The van der Waals surface area contributed by atoms with Crippen molar-refractivity contribution in [2.75, 3.05) is 0 Å². The van der Waals surface area contributed by atoms with Crippen molar-refractivity contribution in [3.8, 4) is 39.4 Å². The maximum atomic E-state index is 13.3. The number of halogens is 5. The van der Waals surface area contributed by atoms with Crippen molar-refractivity contribution in [3.05, 3.63) is 100 Å². The van der Waals surface area contributed by atoms with Gasteiger partial charge in [-0.15, -0.1) is 0 Å². The van der Waals surface area contributed by atoms with Gasteiger partial charge in [-0.2, -0.15) is 18.3 Å². The lowest BCUT2D eigenvalue weighted by molar-refractivity contribution is -0.141. The van der Waals surface area contributed by atoms with E-state index in [-0.39, 0.29) is 0 Å². The van der Waals surface area contributed by atoms with Crippen molar-refractivity contribution in [2.24, 2.45) is 0 Å². The van der Waals surface area contributed by atoms with E-state index in [9.17, 15) is 13.2 Å². The first kappa shape index (κ1) is 24.2. The van der Waals surface area contributed by atoms with Gasteiger partial charge in [0.2, 0.25) is 0 Å². The number of oxazole rings is 1. The van der Waals surface area contributed by atoms with Crippen LogP contribution in [-0.2, 0) is 6.18 Å². The Labute approximate surface area is 214 Å². The lowest BCUT2D eigenvalue weighted by atomic mass is 9.97. The minimum absolute atomic E-state index is 0.352. The van der Waals surface area contributed by atoms with Crippen molar-refractivity contribution >= 4 is 23.2 Å². The molecule has 0 aliphatic carbocycles. The van der Waals surface area contributed by atoms with Gasteiger partial charge in [0, 0.05) is 29.3 Å². The van der Waals surface area contributed by atoms with Crippen LogP contribution in [0.4, 0.5) is 13.2 Å². The second kappa shape index (κ2) is 9.15. The molecule has 5 aromatic rings. The number of benzene rings is 3. The van der Waals surface area contributed by atoms with Gasteiger partial charge in [0.1, 0.15) is 5.69 Å². The molecule has 0 N–H and O–H groups in total. The summed E-state index contributed by atoms with van der Waals surface area (Å²) in [6.45, 7) is 3.68. The Morgan fingerprint density at radius 1 is 0.861 bits per heavy atom. The zero-order chi connectivity index (χ0) is 25.6. The third kappa shape index (κ3) is 4.64. The number of hydrogen-bond donors (Lipinski definition) is 0. The van der Waals surface area contributed by atoms with Gasteiger partial charge in [-0.25, -0.2) is 9.67 Å². The summed E-state index contributed by atoms with van der Waals surface area (Å²) >= 11 is 12.6.